The van der Waals surface area contributed by atoms with Gasteiger partial charge in [0.25, 0.3) is 5.91 Å². The van der Waals surface area contributed by atoms with Crippen molar-refractivity contribution in [2.75, 3.05) is 0 Å². The van der Waals surface area contributed by atoms with E-state index in [0.717, 1.165) is 0 Å². The highest BCUT2D eigenvalue weighted by molar-refractivity contribution is 7.20. The van der Waals surface area contributed by atoms with Crippen molar-refractivity contribution in [2.24, 2.45) is 0 Å². The minimum atomic E-state index is -0.260. The van der Waals surface area contributed by atoms with Gasteiger partial charge in [0, 0.05) is 0 Å². The molecule has 1 N–H and O–H groups in total. The summed E-state index contributed by atoms with van der Waals surface area (Å²) in [7, 11) is 0. The van der Waals surface area contributed by atoms with E-state index in [1.54, 1.807) is 24.5 Å². The second kappa shape index (κ2) is 4.91. The number of thiophene rings is 1. The fourth-order valence-corrected chi connectivity index (χ4v) is 2.63. The van der Waals surface area contributed by atoms with Crippen molar-refractivity contribution in [3.8, 4) is 0 Å². The minimum absolute atomic E-state index is 0.260. The van der Waals surface area contributed by atoms with Crippen molar-refractivity contribution >= 4 is 40.4 Å². The molecule has 0 aliphatic rings. The van der Waals surface area contributed by atoms with Crippen LogP contribution in [0.3, 0.4) is 0 Å². The highest BCUT2D eigenvalue weighted by atomic mass is 35.5. The van der Waals surface area contributed by atoms with Crippen LogP contribution in [0.1, 0.15) is 16.1 Å². The fourth-order valence-electron chi connectivity index (χ4n) is 1.17. The van der Waals surface area contributed by atoms with Crippen LogP contribution in [0.15, 0.2) is 28.9 Å². The predicted octanol–water partition coefficient (Wildman–Crippen LogP) is 3.58. The summed E-state index contributed by atoms with van der Waals surface area (Å²) in [6.07, 6.45) is 1.55. The number of halogens is 2. The topological polar surface area (TPSA) is 42.2 Å². The van der Waals surface area contributed by atoms with Crippen LogP contribution in [-0.4, -0.2) is 5.91 Å². The van der Waals surface area contributed by atoms with Crippen LogP contribution in [0, 0.1) is 0 Å². The predicted molar refractivity (Wildman–Crippen MR) is 64.2 cm³/mol. The number of hydrogen-bond acceptors (Lipinski definition) is 3. The zero-order valence-corrected chi connectivity index (χ0v) is 10.3. The van der Waals surface area contributed by atoms with E-state index >= 15 is 0 Å². The quantitative estimate of drug-likeness (QED) is 0.931. The largest absolute Gasteiger partial charge is 0.467 e. The summed E-state index contributed by atoms with van der Waals surface area (Å²) in [6, 6.07) is 5.09. The van der Waals surface area contributed by atoms with Crippen LogP contribution in [-0.2, 0) is 6.54 Å². The molecule has 0 aliphatic heterocycles. The fraction of sp³-hybridized carbons (Fsp3) is 0.100. The summed E-state index contributed by atoms with van der Waals surface area (Å²) >= 11 is 12.8. The molecular weight excluding hydrogens is 269 g/mol. The summed E-state index contributed by atoms with van der Waals surface area (Å²) in [4.78, 5) is 11.7. The number of hydrogen-bond donors (Lipinski definition) is 1. The van der Waals surface area contributed by atoms with Gasteiger partial charge in [0.15, 0.2) is 0 Å². The Kier molecular flexibility index (Phi) is 3.53. The molecule has 84 valence electrons. The molecule has 0 spiro atoms. The lowest BCUT2D eigenvalue weighted by atomic mass is 10.3. The summed E-state index contributed by atoms with van der Waals surface area (Å²) in [5, 5.41) is 2.69. The monoisotopic (exact) mass is 275 g/mol. The molecule has 0 aromatic carbocycles. The second-order valence-electron chi connectivity index (χ2n) is 3.00. The van der Waals surface area contributed by atoms with E-state index in [1.807, 2.05) is 0 Å². The molecule has 0 unspecified atom stereocenters. The van der Waals surface area contributed by atoms with E-state index in [4.69, 9.17) is 27.6 Å². The van der Waals surface area contributed by atoms with Crippen molar-refractivity contribution in [1.82, 2.24) is 5.32 Å². The number of nitrogens with one attached hydrogen (secondary N) is 1. The maximum atomic E-state index is 11.7. The third-order valence-electron chi connectivity index (χ3n) is 1.90. The Morgan fingerprint density at radius 3 is 2.88 bits per heavy atom. The number of furan rings is 1. The highest BCUT2D eigenvalue weighted by Crippen LogP contribution is 2.30. The van der Waals surface area contributed by atoms with Crippen LogP contribution in [0.25, 0.3) is 0 Å². The van der Waals surface area contributed by atoms with Crippen LogP contribution in [0.4, 0.5) is 0 Å². The zero-order valence-electron chi connectivity index (χ0n) is 8.00. The van der Waals surface area contributed by atoms with Crippen LogP contribution in [0.2, 0.25) is 8.67 Å². The van der Waals surface area contributed by atoms with Crippen molar-refractivity contribution in [2.45, 2.75) is 6.54 Å². The van der Waals surface area contributed by atoms with Gasteiger partial charge < -0.3 is 9.73 Å². The molecule has 1 amide bonds. The molecule has 2 aromatic rings. The first-order chi connectivity index (χ1) is 7.66. The van der Waals surface area contributed by atoms with Gasteiger partial charge in [-0.25, -0.2) is 0 Å². The molecule has 3 nitrogen and oxygen atoms in total. The maximum absolute atomic E-state index is 11.7. The number of carbonyl (C=O) groups excluding carboxylic acids is 1. The van der Waals surface area contributed by atoms with E-state index in [1.165, 1.54) is 11.3 Å². The van der Waals surface area contributed by atoms with Crippen LogP contribution in [0.5, 0.6) is 0 Å². The van der Waals surface area contributed by atoms with E-state index in [2.05, 4.69) is 5.32 Å². The number of carbonyl (C=O) groups is 1. The summed E-state index contributed by atoms with van der Waals surface area (Å²) in [5.74, 6) is 0.426. The van der Waals surface area contributed by atoms with Gasteiger partial charge in [0.1, 0.15) is 10.1 Å². The third kappa shape index (κ3) is 2.58. The Hall–Kier alpha value is -0.970. The molecule has 0 fully saturated rings. The van der Waals surface area contributed by atoms with E-state index in [-0.39, 0.29) is 5.91 Å². The van der Waals surface area contributed by atoms with Crippen LogP contribution < -0.4 is 5.32 Å². The van der Waals surface area contributed by atoms with E-state index < -0.39 is 0 Å². The van der Waals surface area contributed by atoms with Gasteiger partial charge in [-0.15, -0.1) is 11.3 Å². The van der Waals surface area contributed by atoms with Gasteiger partial charge in [-0.3, -0.25) is 4.79 Å². The smallest absolute Gasteiger partial charge is 0.254 e. The van der Waals surface area contributed by atoms with Crippen molar-refractivity contribution < 1.29 is 9.21 Å². The normalized spacial score (nSPS) is 10.4. The molecule has 0 saturated heterocycles. The van der Waals surface area contributed by atoms with E-state index in [0.29, 0.717) is 26.5 Å². The lowest BCUT2D eigenvalue weighted by molar-refractivity contribution is 0.0948. The Balaban J connectivity index is 2.01. The van der Waals surface area contributed by atoms with Crippen molar-refractivity contribution in [3.05, 3.63) is 44.5 Å². The molecule has 0 bridgehead atoms. The standard InChI is InChI=1S/C10H7Cl2NO2S/c11-8-4-7(9(12)16-8)10(14)13-5-6-2-1-3-15-6/h1-4H,5H2,(H,13,14). The molecule has 0 atom stereocenters. The SMILES string of the molecule is O=C(NCc1ccco1)c1cc(Cl)sc1Cl. The highest BCUT2D eigenvalue weighted by Gasteiger charge is 2.13. The Labute approximate surface area is 106 Å². The zero-order chi connectivity index (χ0) is 11.5. The van der Waals surface area contributed by atoms with Crippen molar-refractivity contribution in [1.29, 1.82) is 0 Å². The number of rotatable bonds is 3. The lowest BCUT2D eigenvalue weighted by Gasteiger charge is -2.01. The van der Waals surface area contributed by atoms with Crippen molar-refractivity contribution in [3.63, 3.8) is 0 Å². The summed E-state index contributed by atoms with van der Waals surface area (Å²) < 4.78 is 5.97. The average molecular weight is 276 g/mol. The molecular formula is C10H7Cl2NO2S. The van der Waals surface area contributed by atoms with Gasteiger partial charge >= 0.3 is 0 Å². The molecule has 2 aromatic heterocycles. The first kappa shape index (κ1) is 11.5. The number of amides is 1. The molecule has 2 rings (SSSR count). The second-order valence-corrected chi connectivity index (χ2v) is 5.29. The minimum Gasteiger partial charge on any atom is -0.467 e. The molecule has 0 saturated carbocycles. The molecule has 6 heteroatoms. The average Bonchev–Trinajstić information content (AvgIpc) is 2.84. The summed E-state index contributed by atoms with van der Waals surface area (Å²) in [5.41, 5.74) is 0.392. The maximum Gasteiger partial charge on any atom is 0.254 e. The third-order valence-corrected chi connectivity index (χ3v) is 3.39. The van der Waals surface area contributed by atoms with E-state index in [9.17, 15) is 4.79 Å². The van der Waals surface area contributed by atoms with Crippen LogP contribution >= 0.6 is 34.5 Å². The first-order valence-corrected chi connectivity index (χ1v) is 5.99. The molecule has 0 aliphatic carbocycles. The Morgan fingerprint density at radius 1 is 1.50 bits per heavy atom. The van der Waals surface area contributed by atoms with Gasteiger partial charge in [0.2, 0.25) is 0 Å². The first-order valence-electron chi connectivity index (χ1n) is 4.42. The molecule has 2 heterocycles. The Bertz CT molecular complexity index is 493. The van der Waals surface area contributed by atoms with Gasteiger partial charge in [-0.05, 0) is 18.2 Å². The molecule has 16 heavy (non-hydrogen) atoms. The van der Waals surface area contributed by atoms with Gasteiger partial charge in [-0.1, -0.05) is 23.2 Å². The summed E-state index contributed by atoms with van der Waals surface area (Å²) in [6.45, 7) is 0.329. The van der Waals surface area contributed by atoms with Gasteiger partial charge in [-0.2, -0.15) is 0 Å². The molecule has 0 radical (unpaired) electrons. The van der Waals surface area contributed by atoms with Gasteiger partial charge in [0.05, 0.1) is 22.7 Å². The Morgan fingerprint density at radius 2 is 2.31 bits per heavy atom. The lowest BCUT2D eigenvalue weighted by Crippen LogP contribution is -2.22.